The van der Waals surface area contributed by atoms with Crippen molar-refractivity contribution in [1.82, 2.24) is 0 Å². The molecule has 2 unspecified atom stereocenters. The van der Waals surface area contributed by atoms with E-state index < -0.39 is 22.0 Å². The topological polar surface area (TPSA) is 86.5 Å². The van der Waals surface area contributed by atoms with E-state index in [-0.39, 0.29) is 11.5 Å². The second-order valence-electron chi connectivity index (χ2n) is 3.73. The van der Waals surface area contributed by atoms with Crippen LogP contribution in [0.25, 0.3) is 0 Å². The summed E-state index contributed by atoms with van der Waals surface area (Å²) in [4.78, 5) is 22.6. The second kappa shape index (κ2) is 6.30. The lowest BCUT2D eigenvalue weighted by Crippen LogP contribution is -2.30. The molecule has 0 fully saturated rings. The molecule has 0 saturated carbocycles. The van der Waals surface area contributed by atoms with Crippen molar-refractivity contribution in [2.24, 2.45) is 5.73 Å². The molecule has 0 aliphatic heterocycles. The van der Waals surface area contributed by atoms with Gasteiger partial charge in [-0.15, -0.1) is 0 Å². The molecular formula is C12H15NO4S. The molecule has 0 bridgehead atoms. The quantitative estimate of drug-likeness (QED) is 0.762. The van der Waals surface area contributed by atoms with Crippen molar-refractivity contribution in [3.05, 3.63) is 29.8 Å². The van der Waals surface area contributed by atoms with E-state index in [9.17, 15) is 13.8 Å². The van der Waals surface area contributed by atoms with Crippen LogP contribution in [0.3, 0.4) is 0 Å². The summed E-state index contributed by atoms with van der Waals surface area (Å²) in [6, 6.07) is 6.49. The number of hydrogen-bond acceptors (Lipinski definition) is 4. The van der Waals surface area contributed by atoms with Gasteiger partial charge in [0.2, 0.25) is 5.91 Å². The van der Waals surface area contributed by atoms with E-state index in [4.69, 9.17) is 10.5 Å². The first-order chi connectivity index (χ1) is 8.45. The molecule has 98 valence electrons. The first-order valence-corrected chi connectivity index (χ1v) is 6.67. The van der Waals surface area contributed by atoms with Crippen LogP contribution in [-0.4, -0.2) is 34.0 Å². The molecule has 0 saturated heterocycles. The lowest BCUT2D eigenvalue weighted by Gasteiger charge is -2.09. The van der Waals surface area contributed by atoms with Crippen LogP contribution >= 0.6 is 0 Å². The Morgan fingerprint density at radius 3 is 2.33 bits per heavy atom. The maximum absolute atomic E-state index is 12.0. The molecule has 0 spiro atoms. The Morgan fingerprint density at radius 2 is 1.89 bits per heavy atom. The Balaban J connectivity index is 2.79. The van der Waals surface area contributed by atoms with Crippen LogP contribution in [0.1, 0.15) is 17.3 Å². The van der Waals surface area contributed by atoms with Crippen molar-refractivity contribution < 1.29 is 18.5 Å². The van der Waals surface area contributed by atoms with Crippen LogP contribution in [-0.2, 0) is 15.6 Å². The summed E-state index contributed by atoms with van der Waals surface area (Å²) in [5.74, 6) is -0.624. The summed E-state index contributed by atoms with van der Waals surface area (Å²) in [5.41, 5.74) is 5.38. The average molecular weight is 269 g/mol. The fourth-order valence-electron chi connectivity index (χ4n) is 1.37. The highest BCUT2D eigenvalue weighted by Crippen LogP contribution is 2.14. The van der Waals surface area contributed by atoms with Crippen molar-refractivity contribution >= 4 is 22.5 Å². The number of primary amides is 1. The van der Waals surface area contributed by atoms with Crippen LogP contribution < -0.4 is 10.5 Å². The van der Waals surface area contributed by atoms with Crippen molar-refractivity contribution in [2.45, 2.75) is 12.2 Å². The van der Waals surface area contributed by atoms with Gasteiger partial charge in [-0.25, -0.2) is 0 Å². The highest BCUT2D eigenvalue weighted by Gasteiger charge is 2.22. The van der Waals surface area contributed by atoms with Crippen molar-refractivity contribution in [1.29, 1.82) is 0 Å². The minimum Gasteiger partial charge on any atom is -0.497 e. The summed E-state index contributed by atoms with van der Waals surface area (Å²) in [5, 5.41) is -0.758. The smallest absolute Gasteiger partial charge is 0.230 e. The standard InChI is InChI=1S/C12H15NO4S/c1-8(18(16)7-11(13)14)12(15)9-3-5-10(17-2)6-4-9/h3-6,8H,7H2,1-2H3,(H2,13,14). The Morgan fingerprint density at radius 1 is 1.33 bits per heavy atom. The number of ketones is 1. The number of rotatable bonds is 6. The molecule has 2 N–H and O–H groups in total. The van der Waals surface area contributed by atoms with Gasteiger partial charge in [0, 0.05) is 16.4 Å². The zero-order chi connectivity index (χ0) is 13.7. The summed E-state index contributed by atoms with van der Waals surface area (Å²) >= 11 is 0. The fraction of sp³-hybridized carbons (Fsp3) is 0.333. The molecule has 0 aliphatic carbocycles. The van der Waals surface area contributed by atoms with E-state index in [0.717, 1.165) is 0 Å². The third-order valence-electron chi connectivity index (χ3n) is 2.42. The Bertz CT molecular complexity index is 469. The summed E-state index contributed by atoms with van der Waals surface area (Å²) < 4.78 is 16.6. The molecule has 18 heavy (non-hydrogen) atoms. The van der Waals surface area contributed by atoms with E-state index in [1.165, 1.54) is 14.0 Å². The molecule has 1 aromatic rings. The maximum atomic E-state index is 12.0. The Kier molecular flexibility index (Phi) is 5.03. The molecule has 1 aromatic carbocycles. The minimum atomic E-state index is -1.59. The maximum Gasteiger partial charge on any atom is 0.230 e. The zero-order valence-corrected chi connectivity index (χ0v) is 11.0. The number of nitrogens with two attached hydrogens (primary N) is 1. The van der Waals surface area contributed by atoms with Gasteiger partial charge in [0.05, 0.1) is 12.4 Å². The van der Waals surface area contributed by atoms with Crippen molar-refractivity contribution in [2.75, 3.05) is 12.9 Å². The van der Waals surface area contributed by atoms with Gasteiger partial charge in [0.1, 0.15) is 11.5 Å². The van der Waals surface area contributed by atoms with E-state index in [0.29, 0.717) is 11.3 Å². The molecule has 2 atom stereocenters. The average Bonchev–Trinajstić information content (AvgIpc) is 2.36. The third kappa shape index (κ3) is 3.66. The van der Waals surface area contributed by atoms with Gasteiger partial charge in [-0.05, 0) is 31.2 Å². The SMILES string of the molecule is COc1ccc(C(=O)C(C)S(=O)CC(N)=O)cc1. The molecule has 1 rings (SSSR count). The van der Waals surface area contributed by atoms with Crippen LogP contribution in [0.15, 0.2) is 24.3 Å². The van der Waals surface area contributed by atoms with Gasteiger partial charge < -0.3 is 10.5 Å². The monoisotopic (exact) mass is 269 g/mol. The van der Waals surface area contributed by atoms with Gasteiger partial charge in [-0.3, -0.25) is 13.8 Å². The number of methoxy groups -OCH3 is 1. The summed E-state index contributed by atoms with van der Waals surface area (Å²) in [7, 11) is -0.0588. The van der Waals surface area contributed by atoms with Gasteiger partial charge in [-0.2, -0.15) is 0 Å². The molecule has 0 aromatic heterocycles. The first kappa shape index (κ1) is 14.4. The largest absolute Gasteiger partial charge is 0.497 e. The van der Waals surface area contributed by atoms with Crippen molar-refractivity contribution in [3.8, 4) is 5.75 Å². The van der Waals surface area contributed by atoms with Gasteiger partial charge in [0.25, 0.3) is 0 Å². The highest BCUT2D eigenvalue weighted by atomic mass is 32.2. The fourth-order valence-corrected chi connectivity index (χ4v) is 2.28. The summed E-state index contributed by atoms with van der Waals surface area (Å²) in [6.45, 7) is 1.52. The second-order valence-corrected chi connectivity index (χ2v) is 5.48. The predicted molar refractivity (Wildman–Crippen MR) is 69.0 cm³/mol. The van der Waals surface area contributed by atoms with E-state index in [2.05, 4.69) is 0 Å². The van der Waals surface area contributed by atoms with Crippen LogP contribution in [0, 0.1) is 0 Å². The zero-order valence-electron chi connectivity index (χ0n) is 10.2. The lowest BCUT2D eigenvalue weighted by atomic mass is 10.1. The molecule has 0 radical (unpaired) electrons. The molecule has 0 aliphatic rings. The van der Waals surface area contributed by atoms with Crippen LogP contribution in [0.2, 0.25) is 0 Å². The number of carbonyl (C=O) groups excluding carboxylic acids is 2. The number of carbonyl (C=O) groups is 2. The molecule has 0 heterocycles. The molecule has 6 heteroatoms. The summed E-state index contributed by atoms with van der Waals surface area (Å²) in [6.07, 6.45) is 0. The highest BCUT2D eigenvalue weighted by molar-refractivity contribution is 7.87. The van der Waals surface area contributed by atoms with Gasteiger partial charge in [-0.1, -0.05) is 0 Å². The minimum absolute atomic E-state index is 0.280. The molecular weight excluding hydrogens is 254 g/mol. The van der Waals surface area contributed by atoms with Crippen molar-refractivity contribution in [3.63, 3.8) is 0 Å². The van der Waals surface area contributed by atoms with Crippen LogP contribution in [0.4, 0.5) is 0 Å². The van der Waals surface area contributed by atoms with Crippen LogP contribution in [0.5, 0.6) is 5.75 Å². The van der Waals surface area contributed by atoms with E-state index in [1.807, 2.05) is 0 Å². The Hall–Kier alpha value is -1.69. The van der Waals surface area contributed by atoms with Gasteiger partial charge >= 0.3 is 0 Å². The predicted octanol–water partition coefficient (Wildman–Crippen LogP) is 0.500. The molecule has 1 amide bonds. The number of hydrogen-bond donors (Lipinski definition) is 1. The lowest BCUT2D eigenvalue weighted by molar-refractivity contribution is -0.115. The third-order valence-corrected chi connectivity index (χ3v) is 3.99. The number of benzene rings is 1. The van der Waals surface area contributed by atoms with Gasteiger partial charge in [0.15, 0.2) is 5.78 Å². The number of amides is 1. The molecule has 5 nitrogen and oxygen atoms in total. The first-order valence-electron chi connectivity index (χ1n) is 5.29. The Labute approximate surface area is 108 Å². The van der Waals surface area contributed by atoms with E-state index >= 15 is 0 Å². The number of Topliss-reactive ketones (excluding diaryl/α,β-unsaturated/α-hetero) is 1. The van der Waals surface area contributed by atoms with E-state index in [1.54, 1.807) is 24.3 Å². The normalized spacial score (nSPS) is 13.7. The number of ether oxygens (including phenoxy) is 1.